The van der Waals surface area contributed by atoms with Crippen molar-refractivity contribution in [3.8, 4) is 0 Å². The molecule has 0 radical (unpaired) electrons. The molecule has 112 valence electrons. The van der Waals surface area contributed by atoms with Crippen LogP contribution in [0.25, 0.3) is 0 Å². The number of nitrogens with zero attached hydrogens (tertiary/aromatic N) is 1. The SMILES string of the molecule is CNCc1cc(S(=O)(=O)NCC2(C)CC2)cn1C1CC1. The zero-order valence-electron chi connectivity index (χ0n) is 12.1. The van der Waals surface area contributed by atoms with E-state index in [1.165, 1.54) is 0 Å². The monoisotopic (exact) mass is 297 g/mol. The van der Waals surface area contributed by atoms with Crippen molar-refractivity contribution in [2.24, 2.45) is 5.41 Å². The van der Waals surface area contributed by atoms with E-state index in [0.29, 0.717) is 24.0 Å². The van der Waals surface area contributed by atoms with Crippen LogP contribution >= 0.6 is 0 Å². The van der Waals surface area contributed by atoms with E-state index >= 15 is 0 Å². The molecule has 2 N–H and O–H groups in total. The zero-order valence-corrected chi connectivity index (χ0v) is 13.0. The molecule has 2 aliphatic rings. The molecule has 1 aromatic heterocycles. The predicted molar refractivity (Wildman–Crippen MR) is 78.0 cm³/mol. The maximum Gasteiger partial charge on any atom is 0.242 e. The first-order valence-electron chi connectivity index (χ1n) is 7.29. The fraction of sp³-hybridized carbons (Fsp3) is 0.714. The largest absolute Gasteiger partial charge is 0.346 e. The Labute approximate surface area is 120 Å². The normalized spacial score (nSPS) is 21.1. The number of aromatic nitrogens is 1. The smallest absolute Gasteiger partial charge is 0.242 e. The van der Waals surface area contributed by atoms with Gasteiger partial charge in [0, 0.05) is 31.0 Å². The average Bonchev–Trinajstić information content (AvgIpc) is 3.31. The third kappa shape index (κ3) is 2.92. The highest BCUT2D eigenvalue weighted by molar-refractivity contribution is 7.89. The molecule has 2 fully saturated rings. The molecule has 0 atom stereocenters. The summed E-state index contributed by atoms with van der Waals surface area (Å²) in [4.78, 5) is 0.402. The van der Waals surface area contributed by atoms with Crippen LogP contribution in [0.1, 0.15) is 44.3 Å². The molecule has 0 amide bonds. The van der Waals surface area contributed by atoms with E-state index in [0.717, 1.165) is 31.4 Å². The van der Waals surface area contributed by atoms with E-state index in [2.05, 4.69) is 21.5 Å². The van der Waals surface area contributed by atoms with E-state index < -0.39 is 10.0 Å². The van der Waals surface area contributed by atoms with E-state index in [4.69, 9.17) is 0 Å². The Balaban J connectivity index is 1.79. The molecule has 2 saturated carbocycles. The molecule has 0 bridgehead atoms. The molecule has 1 heterocycles. The number of rotatable bonds is 7. The van der Waals surface area contributed by atoms with Crippen LogP contribution in [0, 0.1) is 5.41 Å². The second-order valence-corrected chi connectivity index (χ2v) is 8.24. The Morgan fingerprint density at radius 1 is 1.40 bits per heavy atom. The highest BCUT2D eigenvalue weighted by atomic mass is 32.2. The molecule has 2 aliphatic carbocycles. The molecule has 20 heavy (non-hydrogen) atoms. The van der Waals surface area contributed by atoms with Crippen molar-refractivity contribution in [2.75, 3.05) is 13.6 Å². The van der Waals surface area contributed by atoms with Gasteiger partial charge in [0.05, 0.1) is 4.90 Å². The maximum absolute atomic E-state index is 12.4. The zero-order chi connectivity index (χ0) is 14.4. The molecule has 0 saturated heterocycles. The van der Waals surface area contributed by atoms with E-state index in [9.17, 15) is 8.42 Å². The molecule has 5 nitrogen and oxygen atoms in total. The van der Waals surface area contributed by atoms with Gasteiger partial charge in [-0.1, -0.05) is 6.92 Å². The van der Waals surface area contributed by atoms with Gasteiger partial charge in [-0.3, -0.25) is 0 Å². The lowest BCUT2D eigenvalue weighted by Gasteiger charge is -2.09. The van der Waals surface area contributed by atoms with Crippen LogP contribution < -0.4 is 10.0 Å². The van der Waals surface area contributed by atoms with Crippen LogP contribution in [0.3, 0.4) is 0 Å². The predicted octanol–water partition coefficient (Wildman–Crippen LogP) is 1.62. The van der Waals surface area contributed by atoms with E-state index in [1.807, 2.05) is 7.05 Å². The second-order valence-electron chi connectivity index (χ2n) is 6.47. The van der Waals surface area contributed by atoms with Crippen molar-refractivity contribution < 1.29 is 8.42 Å². The molecule has 0 aliphatic heterocycles. The summed E-state index contributed by atoms with van der Waals surface area (Å²) in [5.74, 6) is 0. The summed E-state index contributed by atoms with van der Waals surface area (Å²) in [6, 6.07) is 2.29. The Kier molecular flexibility index (Phi) is 3.43. The minimum atomic E-state index is -3.38. The van der Waals surface area contributed by atoms with Gasteiger partial charge in [-0.25, -0.2) is 13.1 Å². The fourth-order valence-corrected chi connectivity index (χ4v) is 3.65. The molecule has 0 aromatic carbocycles. The van der Waals surface area contributed by atoms with Crippen molar-refractivity contribution in [3.63, 3.8) is 0 Å². The van der Waals surface area contributed by atoms with Crippen molar-refractivity contribution in [3.05, 3.63) is 18.0 Å². The van der Waals surface area contributed by atoms with Gasteiger partial charge in [-0.2, -0.15) is 0 Å². The first kappa shape index (κ1) is 14.1. The van der Waals surface area contributed by atoms with Crippen molar-refractivity contribution >= 4 is 10.0 Å². The third-order valence-electron chi connectivity index (χ3n) is 4.31. The fourth-order valence-electron chi connectivity index (χ4n) is 2.40. The third-order valence-corrected chi connectivity index (χ3v) is 5.68. The summed E-state index contributed by atoms with van der Waals surface area (Å²) < 4.78 is 29.6. The molecular formula is C14H23N3O2S. The minimum absolute atomic E-state index is 0.180. The van der Waals surface area contributed by atoms with E-state index in [-0.39, 0.29) is 5.41 Å². The lowest BCUT2D eigenvalue weighted by molar-refractivity contribution is 0.530. The topological polar surface area (TPSA) is 63.1 Å². The van der Waals surface area contributed by atoms with Gasteiger partial charge in [0.2, 0.25) is 10.0 Å². The summed E-state index contributed by atoms with van der Waals surface area (Å²) in [6.45, 7) is 3.37. The Morgan fingerprint density at radius 3 is 2.65 bits per heavy atom. The van der Waals surface area contributed by atoms with Crippen LogP contribution in [0.15, 0.2) is 17.2 Å². The number of sulfonamides is 1. The minimum Gasteiger partial charge on any atom is -0.346 e. The van der Waals surface area contributed by atoms with E-state index in [1.54, 1.807) is 12.3 Å². The lowest BCUT2D eigenvalue weighted by atomic mass is 10.2. The lowest BCUT2D eigenvalue weighted by Crippen LogP contribution is -2.28. The molecule has 1 aromatic rings. The highest BCUT2D eigenvalue weighted by Crippen LogP contribution is 2.44. The number of nitrogens with one attached hydrogen (secondary N) is 2. The molecule has 0 unspecified atom stereocenters. The summed E-state index contributed by atoms with van der Waals surface area (Å²) in [5.41, 5.74) is 1.23. The molecule has 3 rings (SSSR count). The Morgan fingerprint density at radius 2 is 2.10 bits per heavy atom. The van der Waals surface area contributed by atoms with Gasteiger partial charge in [-0.15, -0.1) is 0 Å². The first-order chi connectivity index (χ1) is 9.43. The first-order valence-corrected chi connectivity index (χ1v) is 8.77. The van der Waals surface area contributed by atoms with Crippen molar-refractivity contribution in [1.29, 1.82) is 0 Å². The average molecular weight is 297 g/mol. The van der Waals surface area contributed by atoms with Gasteiger partial charge >= 0.3 is 0 Å². The summed E-state index contributed by atoms with van der Waals surface area (Å²) in [6.07, 6.45) is 6.32. The van der Waals surface area contributed by atoms with Gasteiger partial charge in [0.25, 0.3) is 0 Å². The van der Waals surface area contributed by atoms with Crippen LogP contribution in [0.4, 0.5) is 0 Å². The quantitative estimate of drug-likeness (QED) is 0.804. The van der Waals surface area contributed by atoms with Gasteiger partial charge in [0.1, 0.15) is 0 Å². The van der Waals surface area contributed by atoms with Crippen molar-refractivity contribution in [1.82, 2.24) is 14.6 Å². The van der Waals surface area contributed by atoms with Crippen LogP contribution in [0.2, 0.25) is 0 Å². The van der Waals surface area contributed by atoms with Crippen molar-refractivity contribution in [2.45, 2.75) is 50.1 Å². The molecule has 6 heteroatoms. The maximum atomic E-state index is 12.4. The Bertz CT molecular complexity index is 598. The molecular weight excluding hydrogens is 274 g/mol. The summed E-state index contributed by atoms with van der Waals surface area (Å²) in [5, 5.41) is 3.10. The number of hydrogen-bond donors (Lipinski definition) is 2. The highest BCUT2D eigenvalue weighted by Gasteiger charge is 2.38. The van der Waals surface area contributed by atoms with Crippen LogP contribution in [-0.4, -0.2) is 26.6 Å². The van der Waals surface area contributed by atoms with Gasteiger partial charge in [-0.05, 0) is 44.2 Å². The summed E-state index contributed by atoms with van der Waals surface area (Å²) in [7, 11) is -1.50. The van der Waals surface area contributed by atoms with Gasteiger partial charge < -0.3 is 9.88 Å². The van der Waals surface area contributed by atoms with Gasteiger partial charge in [0.15, 0.2) is 0 Å². The standard InChI is InChI=1S/C14H23N3O2S/c1-14(5-6-14)10-16-20(18,19)13-7-12(8-15-2)17(9-13)11-3-4-11/h7,9,11,15-16H,3-6,8,10H2,1-2H3. The van der Waals surface area contributed by atoms with Crippen LogP contribution in [-0.2, 0) is 16.6 Å². The summed E-state index contributed by atoms with van der Waals surface area (Å²) >= 11 is 0. The number of hydrogen-bond acceptors (Lipinski definition) is 3. The molecule has 0 spiro atoms. The second kappa shape index (κ2) is 4.86. The Hall–Kier alpha value is -0.850. The van der Waals surface area contributed by atoms with Crippen LogP contribution in [0.5, 0.6) is 0 Å².